The molecular formula is C36H42BCl2IN2O4. The van der Waals surface area contributed by atoms with Gasteiger partial charge in [0.1, 0.15) is 0 Å². The average Bonchev–Trinajstić information content (AvgIpc) is 3.04. The van der Waals surface area contributed by atoms with Crippen LogP contribution in [0.15, 0.2) is 84.9 Å². The Morgan fingerprint density at radius 1 is 0.652 bits per heavy atom. The highest BCUT2D eigenvalue weighted by Crippen LogP contribution is 2.30. The summed E-state index contributed by atoms with van der Waals surface area (Å²) in [7, 11) is -1.71. The fourth-order valence-corrected chi connectivity index (χ4v) is 5.40. The zero-order chi connectivity index (χ0) is 34.4. The van der Waals surface area contributed by atoms with Gasteiger partial charge in [-0.1, -0.05) is 65.7 Å². The van der Waals surface area contributed by atoms with Crippen molar-refractivity contribution in [2.45, 2.75) is 41.5 Å². The summed E-state index contributed by atoms with van der Waals surface area (Å²) >= 11 is 14.2. The van der Waals surface area contributed by atoms with E-state index in [0.29, 0.717) is 41.8 Å². The summed E-state index contributed by atoms with van der Waals surface area (Å²) in [6.45, 7) is 14.4. The number of carbonyl (C=O) groups excluding carboxylic acids is 2. The lowest BCUT2D eigenvalue weighted by Crippen LogP contribution is -2.40. The van der Waals surface area contributed by atoms with Gasteiger partial charge in [0.05, 0.1) is 0 Å². The van der Waals surface area contributed by atoms with Gasteiger partial charge in [0.15, 0.2) is 0 Å². The lowest BCUT2D eigenvalue weighted by Gasteiger charge is -2.21. The summed E-state index contributed by atoms with van der Waals surface area (Å²) < 4.78 is 1.34. The molecule has 0 bridgehead atoms. The molecule has 0 atom stereocenters. The van der Waals surface area contributed by atoms with Gasteiger partial charge in [-0.2, -0.15) is 0 Å². The van der Waals surface area contributed by atoms with E-state index in [0.717, 1.165) is 16.7 Å². The first-order valence-corrected chi connectivity index (χ1v) is 17.0. The van der Waals surface area contributed by atoms with Crippen LogP contribution in [0.4, 0.5) is 0 Å². The van der Waals surface area contributed by atoms with Gasteiger partial charge in [-0.3, -0.25) is 9.59 Å². The average molecular weight is 775 g/mol. The van der Waals surface area contributed by atoms with Gasteiger partial charge in [-0.05, 0) is 134 Å². The fourth-order valence-electron chi connectivity index (χ4n) is 4.66. The van der Waals surface area contributed by atoms with Gasteiger partial charge in [0.2, 0.25) is 0 Å². The predicted molar refractivity (Wildman–Crippen MR) is 201 cm³/mol. The molecule has 6 nitrogen and oxygen atoms in total. The number of rotatable bonds is 8. The smallest absolute Gasteiger partial charge is 0.423 e. The van der Waals surface area contributed by atoms with Crippen LogP contribution in [0, 0.1) is 17.4 Å². The Labute approximate surface area is 297 Å². The number of benzene rings is 4. The first-order chi connectivity index (χ1) is 21.9. The number of amides is 2. The zero-order valence-electron chi connectivity index (χ0n) is 27.2. The lowest BCUT2D eigenvalue weighted by atomic mass is 9.76. The number of carbonyl (C=O) groups is 2. The molecule has 0 aromatic heterocycles. The molecule has 0 saturated carbocycles. The van der Waals surface area contributed by atoms with E-state index in [1.54, 1.807) is 17.0 Å². The minimum Gasteiger partial charge on any atom is -0.423 e. The standard InChI is InChI=1S/C18H20ClNO.C11H15BClNO3.C7H7I/c1-4-20(5-2)18(21)16-11-10-14(19)12-17(16)15-9-7-6-8-13(15)3;1-3-14(4-2)11(15)9-6-5-8(13)7-10(9)12(16)17;1-6-4-2-3-5-7(6)8/h6-12H,4-5H2,1-3H3;5-7,16-17H,3-4H2,1-2H3;2-5H,1H3. The molecule has 2 N–H and O–H groups in total. The Bertz CT molecular complexity index is 1570. The first kappa shape index (κ1) is 39.3. The van der Waals surface area contributed by atoms with Crippen molar-refractivity contribution in [2.75, 3.05) is 26.2 Å². The normalized spacial score (nSPS) is 10.2. The third kappa shape index (κ3) is 11.1. The Hall–Kier alpha value is -2.89. The van der Waals surface area contributed by atoms with Crippen molar-refractivity contribution in [1.29, 1.82) is 0 Å². The molecule has 46 heavy (non-hydrogen) atoms. The zero-order valence-corrected chi connectivity index (χ0v) is 30.9. The minimum absolute atomic E-state index is 0.0509. The van der Waals surface area contributed by atoms with Crippen molar-refractivity contribution in [3.05, 3.63) is 121 Å². The molecule has 0 unspecified atom stereocenters. The molecule has 4 rings (SSSR count). The molecule has 2 amide bonds. The molecule has 0 aliphatic rings. The Morgan fingerprint density at radius 2 is 1.11 bits per heavy atom. The van der Waals surface area contributed by atoms with E-state index in [4.69, 9.17) is 23.2 Å². The van der Waals surface area contributed by atoms with Crippen LogP contribution in [0.2, 0.25) is 10.0 Å². The number of hydrogen-bond acceptors (Lipinski definition) is 4. The van der Waals surface area contributed by atoms with E-state index in [9.17, 15) is 19.6 Å². The second kappa shape index (κ2) is 19.7. The third-order valence-corrected chi connectivity index (χ3v) is 9.03. The van der Waals surface area contributed by atoms with Crippen LogP contribution in [0.25, 0.3) is 11.1 Å². The van der Waals surface area contributed by atoms with Crippen molar-refractivity contribution < 1.29 is 19.6 Å². The monoisotopic (exact) mass is 774 g/mol. The summed E-state index contributed by atoms with van der Waals surface area (Å²) in [4.78, 5) is 28.2. The molecule has 4 aromatic rings. The van der Waals surface area contributed by atoms with Crippen LogP contribution < -0.4 is 5.46 Å². The molecule has 0 heterocycles. The van der Waals surface area contributed by atoms with Gasteiger partial charge in [-0.15, -0.1) is 0 Å². The highest BCUT2D eigenvalue weighted by atomic mass is 127. The number of halogens is 3. The largest absolute Gasteiger partial charge is 0.489 e. The second-order valence-corrected chi connectivity index (χ2v) is 12.3. The third-order valence-electron chi connectivity index (χ3n) is 7.35. The van der Waals surface area contributed by atoms with Gasteiger partial charge < -0.3 is 19.8 Å². The summed E-state index contributed by atoms with van der Waals surface area (Å²) in [6, 6.07) is 26.3. The minimum atomic E-state index is -1.71. The maximum atomic E-state index is 12.7. The van der Waals surface area contributed by atoms with E-state index in [-0.39, 0.29) is 22.8 Å². The van der Waals surface area contributed by atoms with Crippen LogP contribution in [0.3, 0.4) is 0 Å². The highest BCUT2D eigenvalue weighted by Gasteiger charge is 2.23. The number of aryl methyl sites for hydroxylation is 2. The van der Waals surface area contributed by atoms with E-state index >= 15 is 0 Å². The quantitative estimate of drug-likeness (QED) is 0.141. The van der Waals surface area contributed by atoms with Crippen LogP contribution in [0.1, 0.15) is 59.5 Å². The summed E-state index contributed by atoms with van der Waals surface area (Å²) in [5.41, 5.74) is 5.55. The second-order valence-electron chi connectivity index (χ2n) is 10.3. The molecule has 0 spiro atoms. The van der Waals surface area contributed by atoms with Crippen molar-refractivity contribution in [3.63, 3.8) is 0 Å². The number of nitrogens with zero attached hydrogens (tertiary/aromatic N) is 2. The van der Waals surface area contributed by atoms with Gasteiger partial charge in [0, 0.05) is 50.9 Å². The van der Waals surface area contributed by atoms with Gasteiger partial charge >= 0.3 is 7.12 Å². The summed E-state index contributed by atoms with van der Waals surface area (Å²) in [5.74, 6) is -0.176. The molecule has 0 fully saturated rings. The van der Waals surface area contributed by atoms with E-state index in [1.807, 2.05) is 75.9 Å². The predicted octanol–water partition coefficient (Wildman–Crippen LogP) is 7.90. The summed E-state index contributed by atoms with van der Waals surface area (Å²) in [6.07, 6.45) is 0. The van der Waals surface area contributed by atoms with Crippen molar-refractivity contribution in [3.8, 4) is 11.1 Å². The van der Waals surface area contributed by atoms with Gasteiger partial charge in [0.25, 0.3) is 11.8 Å². The van der Waals surface area contributed by atoms with E-state index in [1.165, 1.54) is 21.3 Å². The molecule has 4 aromatic carbocycles. The Kier molecular flexibility index (Phi) is 16.8. The highest BCUT2D eigenvalue weighted by molar-refractivity contribution is 14.1. The molecule has 0 radical (unpaired) electrons. The van der Waals surface area contributed by atoms with Crippen LogP contribution in [0.5, 0.6) is 0 Å². The molecule has 0 aliphatic heterocycles. The lowest BCUT2D eigenvalue weighted by molar-refractivity contribution is 0.0766. The van der Waals surface area contributed by atoms with E-state index in [2.05, 4.69) is 53.8 Å². The fraction of sp³-hybridized carbons (Fsp3) is 0.278. The first-order valence-electron chi connectivity index (χ1n) is 15.2. The molecule has 10 heteroatoms. The molecule has 0 saturated heterocycles. The van der Waals surface area contributed by atoms with Crippen molar-refractivity contribution in [1.82, 2.24) is 9.80 Å². The van der Waals surface area contributed by atoms with E-state index < -0.39 is 7.12 Å². The van der Waals surface area contributed by atoms with Crippen LogP contribution in [-0.4, -0.2) is 65.0 Å². The Morgan fingerprint density at radius 3 is 1.57 bits per heavy atom. The van der Waals surface area contributed by atoms with Crippen molar-refractivity contribution >= 4 is 70.2 Å². The SMILES string of the molecule is CCN(CC)C(=O)c1ccc(Cl)cc1-c1ccccc1C.CCN(CC)C(=O)c1ccc(Cl)cc1B(O)O.Cc1ccccc1I. The van der Waals surface area contributed by atoms with Gasteiger partial charge in [-0.25, -0.2) is 0 Å². The molecular weight excluding hydrogens is 733 g/mol. The molecule has 244 valence electrons. The topological polar surface area (TPSA) is 81.1 Å². The Balaban J connectivity index is 0.000000263. The molecule has 0 aliphatic carbocycles. The van der Waals surface area contributed by atoms with Crippen LogP contribution >= 0.6 is 45.8 Å². The van der Waals surface area contributed by atoms with Crippen molar-refractivity contribution in [2.24, 2.45) is 0 Å². The maximum Gasteiger partial charge on any atom is 0.489 e. The number of hydrogen-bond donors (Lipinski definition) is 2. The van der Waals surface area contributed by atoms with Crippen LogP contribution in [-0.2, 0) is 0 Å². The maximum absolute atomic E-state index is 12.7. The summed E-state index contributed by atoms with van der Waals surface area (Å²) in [5, 5.41) is 19.5.